The molecule has 0 atom stereocenters. The molecule has 0 bridgehead atoms. The maximum absolute atomic E-state index is 8.67. The molecule has 18 heavy (non-hydrogen) atoms. The zero-order chi connectivity index (χ0) is 12.5. The van der Waals surface area contributed by atoms with E-state index in [1.807, 2.05) is 25.1 Å². The van der Waals surface area contributed by atoms with Gasteiger partial charge in [0.25, 0.3) is 0 Å². The Morgan fingerprint density at radius 2 is 2.22 bits per heavy atom. The Labute approximate surface area is 104 Å². The van der Waals surface area contributed by atoms with Gasteiger partial charge < -0.3 is 14.5 Å². The Morgan fingerprint density at radius 3 is 3.06 bits per heavy atom. The Hall–Kier alpha value is -2.48. The van der Waals surface area contributed by atoms with Crippen LogP contribution < -0.4 is 9.47 Å². The predicted molar refractivity (Wildman–Crippen MR) is 64.2 cm³/mol. The van der Waals surface area contributed by atoms with Crippen LogP contribution in [-0.4, -0.2) is 16.8 Å². The van der Waals surface area contributed by atoms with Crippen molar-refractivity contribution in [2.45, 2.75) is 13.3 Å². The van der Waals surface area contributed by atoms with Crippen molar-refractivity contribution in [2.75, 3.05) is 6.79 Å². The minimum atomic E-state index is 0.262. The summed E-state index contributed by atoms with van der Waals surface area (Å²) in [6.45, 7) is 2.20. The van der Waals surface area contributed by atoms with Crippen molar-refractivity contribution in [1.29, 1.82) is 5.26 Å². The number of imidazole rings is 1. The van der Waals surface area contributed by atoms with E-state index in [-0.39, 0.29) is 13.2 Å². The van der Waals surface area contributed by atoms with Gasteiger partial charge in [0.1, 0.15) is 5.82 Å². The molecule has 3 rings (SSSR count). The van der Waals surface area contributed by atoms with E-state index < -0.39 is 0 Å². The van der Waals surface area contributed by atoms with Crippen LogP contribution >= 0.6 is 0 Å². The largest absolute Gasteiger partial charge is 0.454 e. The normalized spacial score (nSPS) is 12.4. The fraction of sp³-hybridized carbons (Fsp3) is 0.231. The van der Waals surface area contributed by atoms with Crippen molar-refractivity contribution in [3.05, 3.63) is 29.7 Å². The lowest BCUT2D eigenvalue weighted by Gasteiger charge is -2.00. The van der Waals surface area contributed by atoms with E-state index in [0.717, 1.165) is 28.5 Å². The molecule has 1 aromatic carbocycles. The standard InChI is InChI=1S/C13H11N3O2/c1-8-13(16-12(15-8)4-5-14)9-2-3-10-11(6-9)18-7-17-10/h2-3,6H,4,7H2,1H3,(H,15,16). The van der Waals surface area contributed by atoms with Crippen LogP contribution in [0, 0.1) is 18.3 Å². The van der Waals surface area contributed by atoms with Crippen molar-refractivity contribution < 1.29 is 9.47 Å². The second-order valence-electron chi connectivity index (χ2n) is 4.06. The molecule has 5 nitrogen and oxygen atoms in total. The van der Waals surface area contributed by atoms with Crippen LogP contribution in [0.3, 0.4) is 0 Å². The molecule has 0 spiro atoms. The van der Waals surface area contributed by atoms with Gasteiger partial charge in [-0.15, -0.1) is 0 Å². The number of H-pyrrole nitrogens is 1. The summed E-state index contributed by atoms with van der Waals surface area (Å²) in [5.41, 5.74) is 2.75. The molecule has 0 radical (unpaired) electrons. The lowest BCUT2D eigenvalue weighted by Crippen LogP contribution is -1.92. The van der Waals surface area contributed by atoms with Crippen LogP contribution in [0.2, 0.25) is 0 Å². The molecule has 2 aromatic rings. The number of benzene rings is 1. The Morgan fingerprint density at radius 1 is 1.39 bits per heavy atom. The maximum Gasteiger partial charge on any atom is 0.231 e. The summed E-state index contributed by atoms with van der Waals surface area (Å²) in [7, 11) is 0. The molecule has 1 aliphatic heterocycles. The molecule has 1 aliphatic rings. The first kappa shape index (κ1) is 10.7. The highest BCUT2D eigenvalue weighted by atomic mass is 16.7. The summed E-state index contributed by atoms with van der Waals surface area (Å²) in [4.78, 5) is 7.53. The first-order chi connectivity index (χ1) is 8.78. The third-order valence-corrected chi connectivity index (χ3v) is 2.83. The van der Waals surface area contributed by atoms with Gasteiger partial charge in [0.2, 0.25) is 6.79 Å². The number of nitrogens with zero attached hydrogens (tertiary/aromatic N) is 2. The number of rotatable bonds is 2. The van der Waals surface area contributed by atoms with E-state index >= 15 is 0 Å². The molecule has 5 heteroatoms. The number of hydrogen-bond acceptors (Lipinski definition) is 4. The molecular weight excluding hydrogens is 230 g/mol. The quantitative estimate of drug-likeness (QED) is 0.874. The van der Waals surface area contributed by atoms with Crippen molar-refractivity contribution in [3.8, 4) is 28.8 Å². The third kappa shape index (κ3) is 1.68. The van der Waals surface area contributed by atoms with Crippen molar-refractivity contribution in [3.63, 3.8) is 0 Å². The van der Waals surface area contributed by atoms with E-state index in [4.69, 9.17) is 14.7 Å². The smallest absolute Gasteiger partial charge is 0.231 e. The second-order valence-corrected chi connectivity index (χ2v) is 4.06. The van der Waals surface area contributed by atoms with Crippen molar-refractivity contribution in [1.82, 2.24) is 9.97 Å². The lowest BCUT2D eigenvalue weighted by atomic mass is 10.1. The van der Waals surface area contributed by atoms with E-state index in [1.54, 1.807) is 0 Å². The topological polar surface area (TPSA) is 70.9 Å². The molecule has 0 fully saturated rings. The Bertz CT molecular complexity index is 640. The van der Waals surface area contributed by atoms with Crippen LogP contribution in [-0.2, 0) is 6.42 Å². The molecule has 0 unspecified atom stereocenters. The van der Waals surface area contributed by atoms with Gasteiger partial charge in [-0.3, -0.25) is 0 Å². The molecule has 0 saturated carbocycles. The zero-order valence-corrected chi connectivity index (χ0v) is 9.86. The Balaban J connectivity index is 2.02. The zero-order valence-electron chi connectivity index (χ0n) is 9.86. The number of aromatic nitrogens is 2. The lowest BCUT2D eigenvalue weighted by molar-refractivity contribution is 0.174. The molecule has 0 amide bonds. The molecule has 2 heterocycles. The molecule has 0 saturated heterocycles. The minimum Gasteiger partial charge on any atom is -0.454 e. The highest BCUT2D eigenvalue weighted by Gasteiger charge is 2.16. The average Bonchev–Trinajstić information content (AvgIpc) is 2.95. The first-order valence-electron chi connectivity index (χ1n) is 5.60. The first-order valence-corrected chi connectivity index (χ1v) is 5.60. The van der Waals surface area contributed by atoms with E-state index in [1.165, 1.54) is 0 Å². The van der Waals surface area contributed by atoms with Gasteiger partial charge in [0, 0.05) is 11.3 Å². The average molecular weight is 241 g/mol. The van der Waals surface area contributed by atoms with E-state index in [9.17, 15) is 0 Å². The summed E-state index contributed by atoms with van der Waals surface area (Å²) in [5.74, 6) is 2.17. The molecular formula is C13H11N3O2. The SMILES string of the molecule is Cc1[nH]c(CC#N)nc1-c1ccc2c(c1)OCO2. The third-order valence-electron chi connectivity index (χ3n) is 2.83. The molecule has 1 N–H and O–H groups in total. The van der Waals surface area contributed by atoms with E-state index in [2.05, 4.69) is 16.0 Å². The fourth-order valence-corrected chi connectivity index (χ4v) is 2.01. The number of nitriles is 1. The van der Waals surface area contributed by atoms with Crippen LogP contribution in [0.4, 0.5) is 0 Å². The maximum atomic E-state index is 8.67. The summed E-state index contributed by atoms with van der Waals surface area (Å²) in [5, 5.41) is 8.67. The predicted octanol–water partition coefficient (Wildman–Crippen LogP) is 2.18. The molecule has 1 aromatic heterocycles. The minimum absolute atomic E-state index is 0.262. The van der Waals surface area contributed by atoms with Crippen LogP contribution in [0.15, 0.2) is 18.2 Å². The van der Waals surface area contributed by atoms with Crippen molar-refractivity contribution >= 4 is 0 Å². The van der Waals surface area contributed by atoms with Crippen LogP contribution in [0.1, 0.15) is 11.5 Å². The van der Waals surface area contributed by atoms with Gasteiger partial charge in [0.15, 0.2) is 11.5 Å². The van der Waals surface area contributed by atoms with Crippen molar-refractivity contribution in [2.24, 2.45) is 0 Å². The Kier molecular flexibility index (Phi) is 2.41. The summed E-state index contributed by atoms with van der Waals surface area (Å²) < 4.78 is 10.6. The summed E-state index contributed by atoms with van der Waals surface area (Å²) in [6, 6.07) is 7.79. The van der Waals surface area contributed by atoms with Crippen LogP contribution in [0.25, 0.3) is 11.3 Å². The van der Waals surface area contributed by atoms with Gasteiger partial charge in [-0.05, 0) is 25.1 Å². The highest BCUT2D eigenvalue weighted by molar-refractivity contribution is 5.66. The number of fused-ring (bicyclic) bond motifs is 1. The van der Waals surface area contributed by atoms with Gasteiger partial charge in [-0.1, -0.05) is 0 Å². The number of aromatic amines is 1. The number of nitrogens with one attached hydrogen (secondary N) is 1. The van der Waals surface area contributed by atoms with Gasteiger partial charge in [-0.2, -0.15) is 5.26 Å². The van der Waals surface area contributed by atoms with Gasteiger partial charge in [-0.25, -0.2) is 4.98 Å². The van der Waals surface area contributed by atoms with Gasteiger partial charge >= 0.3 is 0 Å². The fourth-order valence-electron chi connectivity index (χ4n) is 2.01. The van der Waals surface area contributed by atoms with E-state index in [0.29, 0.717) is 5.82 Å². The second kappa shape index (κ2) is 4.08. The summed E-state index contributed by atoms with van der Waals surface area (Å²) >= 11 is 0. The highest BCUT2D eigenvalue weighted by Crippen LogP contribution is 2.36. The number of aryl methyl sites for hydroxylation is 1. The molecule has 0 aliphatic carbocycles. The monoisotopic (exact) mass is 241 g/mol. The summed E-state index contributed by atoms with van der Waals surface area (Å²) in [6.07, 6.45) is 0.283. The van der Waals surface area contributed by atoms with Gasteiger partial charge in [0.05, 0.1) is 18.2 Å². The number of ether oxygens (including phenoxy) is 2. The van der Waals surface area contributed by atoms with Crippen LogP contribution in [0.5, 0.6) is 11.5 Å². The number of hydrogen-bond donors (Lipinski definition) is 1. The molecule has 90 valence electrons.